The molecular formula is C15H15FN2O2. The molecule has 0 saturated heterocycles. The summed E-state index contributed by atoms with van der Waals surface area (Å²) in [4.78, 5) is 12.0. The number of phenolic OH excluding ortho intramolecular Hbond substituents is 1. The Kier molecular flexibility index (Phi) is 4.00. The molecule has 0 saturated carbocycles. The number of hydrogen-bond donors (Lipinski definition) is 3. The van der Waals surface area contributed by atoms with Gasteiger partial charge in [0.15, 0.2) is 0 Å². The highest BCUT2D eigenvalue weighted by molar-refractivity contribution is 6.04. The molecule has 0 radical (unpaired) electrons. The maximum absolute atomic E-state index is 13.7. The second-order valence-electron chi connectivity index (χ2n) is 4.47. The van der Waals surface area contributed by atoms with E-state index in [1.165, 1.54) is 18.2 Å². The van der Waals surface area contributed by atoms with Crippen molar-refractivity contribution in [3.63, 3.8) is 0 Å². The van der Waals surface area contributed by atoms with Crippen LogP contribution in [0.5, 0.6) is 5.75 Å². The number of amides is 1. The van der Waals surface area contributed by atoms with Crippen molar-refractivity contribution in [1.29, 1.82) is 0 Å². The van der Waals surface area contributed by atoms with E-state index in [1.54, 1.807) is 25.1 Å². The molecule has 0 aromatic heterocycles. The van der Waals surface area contributed by atoms with Crippen LogP contribution in [0.3, 0.4) is 0 Å². The Hall–Kier alpha value is -2.40. The van der Waals surface area contributed by atoms with E-state index < -0.39 is 11.7 Å². The Morgan fingerprint density at radius 3 is 2.65 bits per heavy atom. The van der Waals surface area contributed by atoms with Gasteiger partial charge in [-0.2, -0.15) is 0 Å². The molecule has 0 aliphatic rings. The van der Waals surface area contributed by atoms with Gasteiger partial charge >= 0.3 is 0 Å². The van der Waals surface area contributed by atoms with Crippen LogP contribution < -0.4 is 11.1 Å². The van der Waals surface area contributed by atoms with Crippen molar-refractivity contribution in [2.24, 2.45) is 5.73 Å². The maximum atomic E-state index is 13.7. The van der Waals surface area contributed by atoms with E-state index in [-0.39, 0.29) is 23.5 Å². The number of carbonyl (C=O) groups excluding carboxylic acids is 1. The van der Waals surface area contributed by atoms with E-state index >= 15 is 0 Å². The number of rotatable bonds is 3. The molecule has 0 spiro atoms. The predicted molar refractivity (Wildman–Crippen MR) is 75.1 cm³/mol. The van der Waals surface area contributed by atoms with Gasteiger partial charge in [0, 0.05) is 12.1 Å². The Morgan fingerprint density at radius 1 is 1.30 bits per heavy atom. The topological polar surface area (TPSA) is 75.4 Å². The van der Waals surface area contributed by atoms with Crippen molar-refractivity contribution in [3.05, 3.63) is 58.9 Å². The molecule has 20 heavy (non-hydrogen) atoms. The Balaban J connectivity index is 2.21. The summed E-state index contributed by atoms with van der Waals surface area (Å²) in [6.07, 6.45) is 0. The SMILES string of the molecule is Cc1ccc(C(=O)Nc2ccc(CN)cc2F)cc1O. The van der Waals surface area contributed by atoms with Gasteiger partial charge in [0.05, 0.1) is 5.69 Å². The van der Waals surface area contributed by atoms with Crippen LogP contribution in [0, 0.1) is 12.7 Å². The van der Waals surface area contributed by atoms with E-state index in [0.29, 0.717) is 11.1 Å². The third-order valence-electron chi connectivity index (χ3n) is 2.99. The molecule has 5 heteroatoms. The summed E-state index contributed by atoms with van der Waals surface area (Å²) in [5, 5.41) is 12.0. The van der Waals surface area contributed by atoms with Crippen molar-refractivity contribution < 1.29 is 14.3 Å². The Morgan fingerprint density at radius 2 is 2.05 bits per heavy atom. The summed E-state index contributed by atoms with van der Waals surface area (Å²) < 4.78 is 13.7. The smallest absolute Gasteiger partial charge is 0.255 e. The molecule has 104 valence electrons. The molecule has 0 atom stereocenters. The average molecular weight is 274 g/mol. The lowest BCUT2D eigenvalue weighted by Crippen LogP contribution is -2.13. The summed E-state index contributed by atoms with van der Waals surface area (Å²) >= 11 is 0. The number of nitrogens with two attached hydrogens (primary N) is 1. The first-order chi connectivity index (χ1) is 9.51. The molecule has 0 aliphatic heterocycles. The van der Waals surface area contributed by atoms with Gasteiger partial charge in [-0.3, -0.25) is 4.79 Å². The number of anilines is 1. The van der Waals surface area contributed by atoms with Gasteiger partial charge in [-0.25, -0.2) is 4.39 Å². The molecule has 0 bridgehead atoms. The van der Waals surface area contributed by atoms with E-state index in [2.05, 4.69) is 5.32 Å². The normalized spacial score (nSPS) is 10.3. The van der Waals surface area contributed by atoms with Gasteiger partial charge < -0.3 is 16.2 Å². The van der Waals surface area contributed by atoms with Crippen LogP contribution in [0.25, 0.3) is 0 Å². The van der Waals surface area contributed by atoms with Gasteiger partial charge in [-0.15, -0.1) is 0 Å². The number of carbonyl (C=O) groups is 1. The van der Waals surface area contributed by atoms with Crippen molar-refractivity contribution in [2.45, 2.75) is 13.5 Å². The summed E-state index contributed by atoms with van der Waals surface area (Å²) in [6.45, 7) is 1.96. The minimum atomic E-state index is -0.544. The number of benzene rings is 2. The fourth-order valence-corrected chi connectivity index (χ4v) is 1.73. The summed E-state index contributed by atoms with van der Waals surface area (Å²) in [7, 11) is 0. The minimum Gasteiger partial charge on any atom is -0.508 e. The molecule has 2 aromatic rings. The Labute approximate surface area is 116 Å². The number of aromatic hydroxyl groups is 1. The average Bonchev–Trinajstić information content (AvgIpc) is 2.43. The maximum Gasteiger partial charge on any atom is 0.255 e. The number of phenols is 1. The zero-order valence-corrected chi connectivity index (χ0v) is 11.0. The monoisotopic (exact) mass is 274 g/mol. The number of hydrogen-bond acceptors (Lipinski definition) is 3. The highest BCUT2D eigenvalue weighted by Crippen LogP contribution is 2.20. The third kappa shape index (κ3) is 2.95. The molecular weight excluding hydrogens is 259 g/mol. The highest BCUT2D eigenvalue weighted by atomic mass is 19.1. The molecule has 0 unspecified atom stereocenters. The van der Waals surface area contributed by atoms with E-state index in [4.69, 9.17) is 5.73 Å². The van der Waals surface area contributed by atoms with Crippen LogP contribution in [-0.4, -0.2) is 11.0 Å². The van der Waals surface area contributed by atoms with Gasteiger partial charge in [0.25, 0.3) is 5.91 Å². The van der Waals surface area contributed by atoms with E-state index in [9.17, 15) is 14.3 Å². The predicted octanol–water partition coefficient (Wildman–Crippen LogP) is 2.55. The summed E-state index contributed by atoms with van der Waals surface area (Å²) in [5.41, 5.74) is 7.06. The lowest BCUT2D eigenvalue weighted by molar-refractivity contribution is 0.102. The van der Waals surface area contributed by atoms with Gasteiger partial charge in [0.1, 0.15) is 11.6 Å². The first kappa shape index (κ1) is 14.0. The van der Waals surface area contributed by atoms with Crippen LogP contribution in [0.4, 0.5) is 10.1 Å². The molecule has 0 heterocycles. The molecule has 4 nitrogen and oxygen atoms in total. The first-order valence-electron chi connectivity index (χ1n) is 6.10. The van der Waals surface area contributed by atoms with Crippen LogP contribution in [0.1, 0.15) is 21.5 Å². The van der Waals surface area contributed by atoms with Gasteiger partial charge in [-0.05, 0) is 42.3 Å². The lowest BCUT2D eigenvalue weighted by atomic mass is 10.1. The summed E-state index contributed by atoms with van der Waals surface area (Å²) in [6, 6.07) is 8.92. The van der Waals surface area contributed by atoms with Crippen molar-refractivity contribution >= 4 is 11.6 Å². The fraction of sp³-hybridized carbons (Fsp3) is 0.133. The zero-order chi connectivity index (χ0) is 14.7. The van der Waals surface area contributed by atoms with Crippen LogP contribution in [0.15, 0.2) is 36.4 Å². The van der Waals surface area contributed by atoms with Crippen LogP contribution >= 0.6 is 0 Å². The molecule has 4 N–H and O–H groups in total. The molecule has 2 rings (SSSR count). The standard InChI is InChI=1S/C15H15FN2O2/c1-9-2-4-11(7-14(9)19)15(20)18-13-5-3-10(8-17)6-12(13)16/h2-7,19H,8,17H2,1H3,(H,18,20). The molecule has 0 aliphatic carbocycles. The second-order valence-corrected chi connectivity index (χ2v) is 4.47. The number of halogens is 1. The van der Waals surface area contributed by atoms with Gasteiger partial charge in [0.2, 0.25) is 0 Å². The molecule has 1 amide bonds. The fourth-order valence-electron chi connectivity index (χ4n) is 1.73. The van der Waals surface area contributed by atoms with E-state index in [0.717, 1.165) is 0 Å². The largest absolute Gasteiger partial charge is 0.508 e. The van der Waals surface area contributed by atoms with Gasteiger partial charge in [-0.1, -0.05) is 12.1 Å². The van der Waals surface area contributed by atoms with E-state index in [1.807, 2.05) is 0 Å². The molecule has 2 aromatic carbocycles. The summed E-state index contributed by atoms with van der Waals surface area (Å²) in [5.74, 6) is -1.01. The molecule has 0 fully saturated rings. The van der Waals surface area contributed by atoms with Crippen LogP contribution in [-0.2, 0) is 6.54 Å². The minimum absolute atomic E-state index is 0.0246. The number of nitrogens with one attached hydrogen (secondary N) is 1. The first-order valence-corrected chi connectivity index (χ1v) is 6.10. The van der Waals surface area contributed by atoms with Crippen molar-refractivity contribution in [3.8, 4) is 5.75 Å². The van der Waals surface area contributed by atoms with Crippen molar-refractivity contribution in [2.75, 3.05) is 5.32 Å². The Bertz CT molecular complexity index is 656. The number of aryl methyl sites for hydroxylation is 1. The van der Waals surface area contributed by atoms with Crippen LogP contribution in [0.2, 0.25) is 0 Å². The van der Waals surface area contributed by atoms with Crippen molar-refractivity contribution in [1.82, 2.24) is 0 Å². The quantitative estimate of drug-likeness (QED) is 0.805. The third-order valence-corrected chi connectivity index (χ3v) is 2.99. The zero-order valence-electron chi connectivity index (χ0n) is 11.0. The lowest BCUT2D eigenvalue weighted by Gasteiger charge is -2.08. The highest BCUT2D eigenvalue weighted by Gasteiger charge is 2.11. The second kappa shape index (κ2) is 5.71.